The Bertz CT molecular complexity index is 944. The van der Waals surface area contributed by atoms with Gasteiger partial charge in [0.25, 0.3) is 5.56 Å². The van der Waals surface area contributed by atoms with Crippen LogP contribution in [0.4, 0.5) is 0 Å². The van der Waals surface area contributed by atoms with E-state index in [0.29, 0.717) is 11.6 Å². The Morgan fingerprint density at radius 1 is 1.21 bits per heavy atom. The van der Waals surface area contributed by atoms with Crippen molar-refractivity contribution in [3.8, 4) is 5.95 Å². The summed E-state index contributed by atoms with van der Waals surface area (Å²) in [5, 5.41) is 8.64. The second-order valence-electron chi connectivity index (χ2n) is 5.96. The molecule has 0 aliphatic rings. The number of aromatic nitrogens is 6. The first-order valence-electron chi connectivity index (χ1n) is 7.80. The summed E-state index contributed by atoms with van der Waals surface area (Å²) >= 11 is 0. The Kier molecular flexibility index (Phi) is 4.16. The first-order chi connectivity index (χ1) is 11.4. The second kappa shape index (κ2) is 6.27. The smallest absolute Gasteiger partial charge is 0.252 e. The van der Waals surface area contributed by atoms with Crippen LogP contribution in [0.2, 0.25) is 0 Å². The monoisotopic (exact) mass is 324 g/mol. The van der Waals surface area contributed by atoms with Crippen LogP contribution < -0.4 is 5.56 Å². The first-order valence-corrected chi connectivity index (χ1v) is 7.80. The molecule has 3 aromatic rings. The van der Waals surface area contributed by atoms with Crippen LogP contribution in [-0.4, -0.2) is 29.5 Å². The number of H-pyrrole nitrogens is 1. The largest absolute Gasteiger partial charge is 0.291 e. The van der Waals surface area contributed by atoms with E-state index >= 15 is 0 Å². The topological polar surface area (TPSA) is 81.4 Å². The summed E-state index contributed by atoms with van der Waals surface area (Å²) in [7, 11) is 0. The second-order valence-corrected chi connectivity index (χ2v) is 5.96. The van der Waals surface area contributed by atoms with Crippen LogP contribution in [0.1, 0.15) is 42.7 Å². The normalized spacial score (nSPS) is 11.7. The molecule has 0 aliphatic carbocycles. The molecule has 0 fully saturated rings. The van der Waals surface area contributed by atoms with Crippen molar-refractivity contribution in [2.75, 3.05) is 0 Å². The average molecular weight is 324 g/mol. The number of rotatable bonds is 4. The van der Waals surface area contributed by atoms with Gasteiger partial charge in [0.2, 0.25) is 5.95 Å². The Morgan fingerprint density at radius 3 is 2.67 bits per heavy atom. The lowest BCUT2D eigenvalue weighted by molar-refractivity contribution is 0.528. The summed E-state index contributed by atoms with van der Waals surface area (Å²) in [6.45, 7) is 7.95. The van der Waals surface area contributed by atoms with Crippen LogP contribution in [0, 0.1) is 13.8 Å². The van der Waals surface area contributed by atoms with Gasteiger partial charge in [0.15, 0.2) is 0 Å². The minimum Gasteiger partial charge on any atom is -0.291 e. The molecular weight excluding hydrogens is 304 g/mol. The molecule has 0 aromatic carbocycles. The standard InChI is InChI=1S/C17H20N6O/c1-11(2)22-15(7-8-18-22)6-5-14-10-16(24)20-17(19-14)23-13(4)9-12(3)21-23/h5-11H,1-4H3,(H,19,20,24). The van der Waals surface area contributed by atoms with Gasteiger partial charge in [-0.15, -0.1) is 0 Å². The maximum absolute atomic E-state index is 12.0. The van der Waals surface area contributed by atoms with Crippen LogP contribution in [0.15, 0.2) is 29.2 Å². The fourth-order valence-electron chi connectivity index (χ4n) is 2.55. The molecule has 0 saturated heterocycles. The van der Waals surface area contributed by atoms with Crippen molar-refractivity contribution in [2.45, 2.75) is 33.7 Å². The lowest BCUT2D eigenvalue weighted by Crippen LogP contribution is -2.14. The maximum Gasteiger partial charge on any atom is 0.252 e. The van der Waals surface area contributed by atoms with Gasteiger partial charge >= 0.3 is 0 Å². The van der Waals surface area contributed by atoms with Gasteiger partial charge in [-0.25, -0.2) is 9.67 Å². The molecule has 0 amide bonds. The van der Waals surface area contributed by atoms with Crippen molar-refractivity contribution >= 4 is 12.2 Å². The molecule has 0 spiro atoms. The zero-order valence-corrected chi connectivity index (χ0v) is 14.2. The van der Waals surface area contributed by atoms with Gasteiger partial charge in [-0.1, -0.05) is 0 Å². The maximum atomic E-state index is 12.0. The third-order valence-electron chi connectivity index (χ3n) is 3.57. The van der Waals surface area contributed by atoms with E-state index in [4.69, 9.17) is 0 Å². The molecule has 0 saturated carbocycles. The molecule has 0 aliphatic heterocycles. The quantitative estimate of drug-likeness (QED) is 0.799. The zero-order valence-electron chi connectivity index (χ0n) is 14.2. The Morgan fingerprint density at radius 2 is 2.00 bits per heavy atom. The third-order valence-corrected chi connectivity index (χ3v) is 3.57. The van der Waals surface area contributed by atoms with Gasteiger partial charge in [0, 0.05) is 24.0 Å². The van der Waals surface area contributed by atoms with E-state index in [9.17, 15) is 4.79 Å². The molecular formula is C17H20N6O. The molecule has 0 unspecified atom stereocenters. The predicted octanol–water partition coefficient (Wildman–Crippen LogP) is 2.52. The van der Waals surface area contributed by atoms with Crippen LogP contribution in [-0.2, 0) is 0 Å². The van der Waals surface area contributed by atoms with Gasteiger partial charge < -0.3 is 0 Å². The number of hydrogen-bond donors (Lipinski definition) is 1. The number of aromatic amines is 1. The van der Waals surface area contributed by atoms with E-state index in [1.165, 1.54) is 6.07 Å². The van der Waals surface area contributed by atoms with E-state index < -0.39 is 0 Å². The van der Waals surface area contributed by atoms with Gasteiger partial charge in [-0.3, -0.25) is 14.5 Å². The lowest BCUT2D eigenvalue weighted by Gasteiger charge is -2.07. The minimum atomic E-state index is -0.218. The fraction of sp³-hybridized carbons (Fsp3) is 0.294. The van der Waals surface area contributed by atoms with E-state index in [1.807, 2.05) is 36.7 Å². The molecule has 24 heavy (non-hydrogen) atoms. The van der Waals surface area contributed by atoms with Gasteiger partial charge in [-0.2, -0.15) is 10.2 Å². The van der Waals surface area contributed by atoms with Crippen molar-refractivity contribution < 1.29 is 0 Å². The van der Waals surface area contributed by atoms with Crippen molar-refractivity contribution in [1.82, 2.24) is 29.5 Å². The zero-order chi connectivity index (χ0) is 17.3. The summed E-state index contributed by atoms with van der Waals surface area (Å²) in [6.07, 6.45) is 5.46. The van der Waals surface area contributed by atoms with Crippen LogP contribution in [0.5, 0.6) is 0 Å². The van der Waals surface area contributed by atoms with E-state index in [2.05, 4.69) is 34.0 Å². The van der Waals surface area contributed by atoms with Crippen molar-refractivity contribution in [3.63, 3.8) is 0 Å². The van der Waals surface area contributed by atoms with Crippen molar-refractivity contribution in [2.24, 2.45) is 0 Å². The summed E-state index contributed by atoms with van der Waals surface area (Å²) in [4.78, 5) is 19.2. The molecule has 1 N–H and O–H groups in total. The molecule has 0 bridgehead atoms. The molecule has 3 rings (SSSR count). The summed E-state index contributed by atoms with van der Waals surface area (Å²) in [6, 6.07) is 5.58. The molecule has 7 heteroatoms. The molecule has 7 nitrogen and oxygen atoms in total. The van der Waals surface area contributed by atoms with Crippen molar-refractivity contribution in [3.05, 3.63) is 57.5 Å². The molecule has 0 atom stereocenters. The van der Waals surface area contributed by atoms with E-state index in [-0.39, 0.29) is 11.6 Å². The number of nitrogens with zero attached hydrogens (tertiary/aromatic N) is 5. The SMILES string of the molecule is Cc1cc(C)n(-c2nc(C=Cc3ccnn3C(C)C)cc(=O)[nH]2)n1. The van der Waals surface area contributed by atoms with Crippen molar-refractivity contribution in [1.29, 1.82) is 0 Å². The summed E-state index contributed by atoms with van der Waals surface area (Å²) in [5.41, 5.74) is 3.09. The van der Waals surface area contributed by atoms with E-state index in [1.54, 1.807) is 17.0 Å². The molecule has 124 valence electrons. The van der Waals surface area contributed by atoms with Crippen LogP contribution in [0.25, 0.3) is 18.1 Å². The minimum absolute atomic E-state index is 0.218. The predicted molar refractivity (Wildman–Crippen MR) is 93.0 cm³/mol. The van der Waals surface area contributed by atoms with Gasteiger partial charge in [-0.05, 0) is 52.0 Å². The first kappa shape index (κ1) is 15.9. The summed E-state index contributed by atoms with van der Waals surface area (Å²) < 4.78 is 3.54. The highest BCUT2D eigenvalue weighted by Gasteiger charge is 2.08. The highest BCUT2D eigenvalue weighted by atomic mass is 16.1. The molecule has 0 radical (unpaired) electrons. The van der Waals surface area contributed by atoms with Gasteiger partial charge in [0.05, 0.1) is 17.1 Å². The average Bonchev–Trinajstić information content (AvgIpc) is 3.10. The number of nitrogens with one attached hydrogen (secondary N) is 1. The number of hydrogen-bond acceptors (Lipinski definition) is 4. The fourth-order valence-corrected chi connectivity index (χ4v) is 2.55. The molecule has 3 aromatic heterocycles. The van der Waals surface area contributed by atoms with Crippen LogP contribution in [0.3, 0.4) is 0 Å². The highest BCUT2D eigenvalue weighted by molar-refractivity contribution is 5.66. The Balaban J connectivity index is 1.97. The number of aryl methyl sites for hydroxylation is 2. The third kappa shape index (κ3) is 3.19. The Hall–Kier alpha value is -2.96. The lowest BCUT2D eigenvalue weighted by atomic mass is 10.3. The van der Waals surface area contributed by atoms with Gasteiger partial charge in [0.1, 0.15) is 0 Å². The highest BCUT2D eigenvalue weighted by Crippen LogP contribution is 2.12. The van der Waals surface area contributed by atoms with E-state index in [0.717, 1.165) is 17.1 Å². The van der Waals surface area contributed by atoms with Crippen LogP contribution >= 0.6 is 0 Å². The summed E-state index contributed by atoms with van der Waals surface area (Å²) in [5.74, 6) is 0.408. The molecule has 3 heterocycles. The Labute approximate surface area is 139 Å².